The van der Waals surface area contributed by atoms with Gasteiger partial charge in [-0.3, -0.25) is 4.79 Å². The summed E-state index contributed by atoms with van der Waals surface area (Å²) in [6.45, 7) is 2.62. The molecule has 1 heterocycles. The average Bonchev–Trinajstić information content (AvgIpc) is 2.99. The summed E-state index contributed by atoms with van der Waals surface area (Å²) in [6.07, 6.45) is 0. The van der Waals surface area contributed by atoms with Crippen LogP contribution in [0.4, 0.5) is 0 Å². The molecule has 1 fully saturated rings. The van der Waals surface area contributed by atoms with E-state index in [4.69, 9.17) is 0 Å². The number of piperazine rings is 1. The van der Waals surface area contributed by atoms with Gasteiger partial charge >= 0.3 is 0 Å². The first kappa shape index (κ1) is 28.2. The number of rotatable bonds is 9. The van der Waals surface area contributed by atoms with E-state index in [9.17, 15) is 13.2 Å². The molecule has 0 unspecified atom stereocenters. The minimum absolute atomic E-state index is 0.125. The lowest BCUT2D eigenvalue weighted by atomic mass is 9.96. The standard InChI is InChI=1S/C32H32BrN3O3S/c33-29-16-18-30(19-17-29)40(38,39)36(24-26-10-4-1-5-11-26)25-31(37)34-20-22-35(23-21-34)32(27-12-6-2-7-13-27)28-14-8-3-9-15-28/h1-19,32H,20-25H2/p+1. The van der Waals surface area contributed by atoms with E-state index >= 15 is 0 Å². The highest BCUT2D eigenvalue weighted by Crippen LogP contribution is 2.22. The van der Waals surface area contributed by atoms with E-state index in [-0.39, 0.29) is 29.9 Å². The van der Waals surface area contributed by atoms with E-state index in [1.54, 1.807) is 24.3 Å². The molecule has 0 radical (unpaired) electrons. The van der Waals surface area contributed by atoms with E-state index < -0.39 is 10.0 Å². The van der Waals surface area contributed by atoms with Gasteiger partial charge in [0.05, 0.1) is 37.6 Å². The van der Waals surface area contributed by atoms with Crippen LogP contribution < -0.4 is 4.90 Å². The highest BCUT2D eigenvalue weighted by molar-refractivity contribution is 9.10. The van der Waals surface area contributed by atoms with Crippen LogP contribution in [0.15, 0.2) is 125 Å². The normalized spacial score (nSPS) is 14.5. The van der Waals surface area contributed by atoms with Gasteiger partial charge in [-0.1, -0.05) is 107 Å². The van der Waals surface area contributed by atoms with Crippen LogP contribution >= 0.6 is 15.9 Å². The molecule has 0 aliphatic carbocycles. The summed E-state index contributed by atoms with van der Waals surface area (Å²) in [4.78, 5) is 16.9. The van der Waals surface area contributed by atoms with Crippen LogP contribution in [-0.2, 0) is 21.4 Å². The molecule has 1 N–H and O–H groups in total. The zero-order chi connectivity index (χ0) is 28.0. The molecule has 1 saturated heterocycles. The summed E-state index contributed by atoms with van der Waals surface area (Å²) >= 11 is 3.37. The molecule has 1 aliphatic heterocycles. The Balaban J connectivity index is 1.32. The number of hydrogen-bond donors (Lipinski definition) is 1. The van der Waals surface area contributed by atoms with E-state index in [0.717, 1.165) is 23.1 Å². The number of quaternary nitrogens is 1. The molecule has 4 aromatic carbocycles. The number of sulfonamides is 1. The first-order chi connectivity index (χ1) is 19.4. The van der Waals surface area contributed by atoms with E-state index in [1.165, 1.54) is 20.3 Å². The van der Waals surface area contributed by atoms with Gasteiger partial charge in [-0.05, 0) is 29.8 Å². The molecule has 8 heteroatoms. The third kappa shape index (κ3) is 6.70. The maximum atomic E-state index is 13.7. The number of benzene rings is 4. The second-order valence-corrected chi connectivity index (χ2v) is 12.9. The van der Waals surface area contributed by atoms with Crippen molar-refractivity contribution in [2.45, 2.75) is 17.5 Å². The lowest BCUT2D eigenvalue weighted by Gasteiger charge is -2.37. The molecule has 0 spiro atoms. The molecule has 0 bridgehead atoms. The Bertz CT molecular complexity index is 1450. The topological polar surface area (TPSA) is 62.1 Å². The fraction of sp³-hybridized carbons (Fsp3) is 0.219. The highest BCUT2D eigenvalue weighted by Gasteiger charge is 2.34. The zero-order valence-electron chi connectivity index (χ0n) is 22.2. The third-order valence-corrected chi connectivity index (χ3v) is 9.73. The second-order valence-electron chi connectivity index (χ2n) is 10.0. The molecule has 5 rings (SSSR count). The number of nitrogens with zero attached hydrogens (tertiary/aromatic N) is 2. The Morgan fingerprint density at radius 1 is 0.775 bits per heavy atom. The van der Waals surface area contributed by atoms with Gasteiger partial charge in [0.1, 0.15) is 6.04 Å². The molecule has 0 saturated carbocycles. The van der Waals surface area contributed by atoms with Crippen LogP contribution in [-0.4, -0.2) is 56.3 Å². The summed E-state index contributed by atoms with van der Waals surface area (Å²) in [6, 6.07) is 37.1. The molecule has 1 aliphatic rings. The Labute approximate surface area is 245 Å². The summed E-state index contributed by atoms with van der Waals surface area (Å²) in [5.74, 6) is -0.174. The molecule has 4 aromatic rings. The number of carbonyl (C=O) groups excluding carboxylic acids is 1. The molecule has 0 aromatic heterocycles. The Kier molecular flexibility index (Phi) is 9.11. The summed E-state index contributed by atoms with van der Waals surface area (Å²) < 4.78 is 29.4. The molecular weight excluding hydrogens is 586 g/mol. The van der Waals surface area contributed by atoms with Gasteiger partial charge < -0.3 is 9.80 Å². The van der Waals surface area contributed by atoms with E-state index in [0.29, 0.717) is 13.1 Å². The Hall–Kier alpha value is -3.30. The quantitative estimate of drug-likeness (QED) is 0.306. The maximum absolute atomic E-state index is 13.7. The SMILES string of the molecule is O=C(CN(Cc1ccccc1)S(=O)(=O)c1ccc(Br)cc1)N1CC[NH+](C(c2ccccc2)c2ccccc2)CC1. The fourth-order valence-corrected chi connectivity index (χ4v) is 6.95. The smallest absolute Gasteiger partial charge is 0.243 e. The number of nitrogens with one attached hydrogen (secondary N) is 1. The monoisotopic (exact) mass is 618 g/mol. The number of halogens is 1. The lowest BCUT2D eigenvalue weighted by Crippen LogP contribution is -3.15. The van der Waals surface area contributed by atoms with Crippen LogP contribution in [0.25, 0.3) is 0 Å². The van der Waals surface area contributed by atoms with Crippen LogP contribution in [0.1, 0.15) is 22.7 Å². The van der Waals surface area contributed by atoms with Crippen molar-refractivity contribution in [2.75, 3.05) is 32.7 Å². The number of carbonyl (C=O) groups is 1. The van der Waals surface area contributed by atoms with Gasteiger partial charge in [0, 0.05) is 22.1 Å². The Morgan fingerprint density at radius 3 is 1.80 bits per heavy atom. The first-order valence-electron chi connectivity index (χ1n) is 13.4. The number of amides is 1. The predicted molar refractivity (Wildman–Crippen MR) is 160 cm³/mol. The second kappa shape index (κ2) is 12.9. The largest absolute Gasteiger partial charge is 0.330 e. The van der Waals surface area contributed by atoms with Crippen molar-refractivity contribution < 1.29 is 18.1 Å². The fourth-order valence-electron chi connectivity index (χ4n) is 5.31. The van der Waals surface area contributed by atoms with Crippen molar-refractivity contribution in [3.05, 3.63) is 136 Å². The van der Waals surface area contributed by atoms with E-state index in [2.05, 4.69) is 64.5 Å². The zero-order valence-corrected chi connectivity index (χ0v) is 24.6. The molecular formula is C32H33BrN3O3S+. The van der Waals surface area contributed by atoms with Crippen LogP contribution in [0, 0.1) is 0 Å². The van der Waals surface area contributed by atoms with Gasteiger partial charge in [0.2, 0.25) is 15.9 Å². The molecule has 206 valence electrons. The van der Waals surface area contributed by atoms with Gasteiger partial charge in [-0.15, -0.1) is 0 Å². The van der Waals surface area contributed by atoms with Crippen LogP contribution in [0.2, 0.25) is 0 Å². The van der Waals surface area contributed by atoms with Crippen molar-refractivity contribution >= 4 is 31.9 Å². The van der Waals surface area contributed by atoms with Gasteiger partial charge in [-0.2, -0.15) is 4.31 Å². The molecule has 1 amide bonds. The summed E-state index contributed by atoms with van der Waals surface area (Å²) in [7, 11) is -3.89. The van der Waals surface area contributed by atoms with Gasteiger partial charge in [0.25, 0.3) is 0 Å². The average molecular weight is 620 g/mol. The Morgan fingerprint density at radius 2 is 1.27 bits per heavy atom. The van der Waals surface area contributed by atoms with Gasteiger partial charge in [0.15, 0.2) is 0 Å². The van der Waals surface area contributed by atoms with Crippen LogP contribution in [0.5, 0.6) is 0 Å². The highest BCUT2D eigenvalue weighted by atomic mass is 79.9. The van der Waals surface area contributed by atoms with Crippen molar-refractivity contribution in [1.29, 1.82) is 0 Å². The molecule has 0 atom stereocenters. The minimum Gasteiger partial charge on any atom is -0.330 e. The maximum Gasteiger partial charge on any atom is 0.243 e. The van der Waals surface area contributed by atoms with Crippen molar-refractivity contribution in [3.8, 4) is 0 Å². The number of hydrogen-bond acceptors (Lipinski definition) is 3. The summed E-state index contributed by atoms with van der Waals surface area (Å²) in [5, 5.41) is 0. The van der Waals surface area contributed by atoms with Crippen molar-refractivity contribution in [3.63, 3.8) is 0 Å². The van der Waals surface area contributed by atoms with Crippen LogP contribution in [0.3, 0.4) is 0 Å². The van der Waals surface area contributed by atoms with Crippen molar-refractivity contribution in [2.24, 2.45) is 0 Å². The molecule has 6 nitrogen and oxygen atoms in total. The van der Waals surface area contributed by atoms with E-state index in [1.807, 2.05) is 47.4 Å². The first-order valence-corrected chi connectivity index (χ1v) is 15.7. The third-order valence-electron chi connectivity index (χ3n) is 7.40. The lowest BCUT2D eigenvalue weighted by molar-refractivity contribution is -0.929. The minimum atomic E-state index is -3.89. The van der Waals surface area contributed by atoms with Crippen molar-refractivity contribution in [1.82, 2.24) is 9.21 Å². The molecule has 40 heavy (non-hydrogen) atoms. The van der Waals surface area contributed by atoms with Gasteiger partial charge in [-0.25, -0.2) is 8.42 Å². The predicted octanol–water partition coefficient (Wildman–Crippen LogP) is 4.16. The summed E-state index contributed by atoms with van der Waals surface area (Å²) in [5.41, 5.74) is 3.33.